The number of nitrogens with zero attached hydrogens (tertiary/aromatic N) is 6. The number of halogens is 7. The van der Waals surface area contributed by atoms with Gasteiger partial charge in [0.2, 0.25) is 0 Å². The Balaban J connectivity index is 0.000000444. The van der Waals surface area contributed by atoms with Gasteiger partial charge in [-0.1, -0.05) is 23.2 Å². The molecule has 11 nitrogen and oxygen atoms in total. The van der Waals surface area contributed by atoms with Gasteiger partial charge in [0.15, 0.2) is 5.82 Å². The van der Waals surface area contributed by atoms with E-state index in [0.717, 1.165) is 31.9 Å². The van der Waals surface area contributed by atoms with Crippen molar-refractivity contribution in [1.29, 1.82) is 0 Å². The van der Waals surface area contributed by atoms with E-state index in [9.17, 15) is 22.4 Å². The van der Waals surface area contributed by atoms with Crippen LogP contribution >= 0.6 is 23.2 Å². The zero-order chi connectivity index (χ0) is 37.5. The maximum absolute atomic E-state index is 15.1. The summed E-state index contributed by atoms with van der Waals surface area (Å²) in [5, 5.41) is -0.705. The second kappa shape index (κ2) is 15.5. The van der Waals surface area contributed by atoms with Gasteiger partial charge in [0, 0.05) is 56.3 Å². The first-order valence-electron chi connectivity index (χ1n) is 17.2. The van der Waals surface area contributed by atoms with E-state index in [1.165, 1.54) is 20.0 Å². The molecular formula is C34H41Cl2F5N8O3. The molecule has 52 heavy (non-hydrogen) atoms. The number of benzene rings is 1. The van der Waals surface area contributed by atoms with Crippen LogP contribution in [0, 0.1) is 5.82 Å². The molecule has 5 aliphatic rings. The predicted molar refractivity (Wildman–Crippen MR) is 187 cm³/mol. The molecule has 2 aromatic rings. The predicted octanol–water partition coefficient (Wildman–Crippen LogP) is 5.57. The molecule has 4 aliphatic heterocycles. The van der Waals surface area contributed by atoms with Gasteiger partial charge in [-0.25, -0.2) is 8.78 Å². The van der Waals surface area contributed by atoms with Crippen LogP contribution in [0.4, 0.5) is 33.5 Å². The number of carbonyl (C=O) groups is 1. The van der Waals surface area contributed by atoms with E-state index in [2.05, 4.69) is 19.9 Å². The highest BCUT2D eigenvalue weighted by Gasteiger charge is 2.42. The molecule has 5 heterocycles. The molecule has 4 N–H and O–H groups in total. The Labute approximate surface area is 308 Å². The summed E-state index contributed by atoms with van der Waals surface area (Å²) in [6.07, 6.45) is -1.40. The fraction of sp³-hybridized carbons (Fsp3) is 0.588. The van der Waals surface area contributed by atoms with Crippen molar-refractivity contribution in [3.05, 3.63) is 50.0 Å². The number of amides is 1. The molecule has 1 saturated carbocycles. The van der Waals surface area contributed by atoms with Gasteiger partial charge in [-0.3, -0.25) is 14.7 Å². The summed E-state index contributed by atoms with van der Waals surface area (Å²) in [5.41, 5.74) is 10.1. The summed E-state index contributed by atoms with van der Waals surface area (Å²) in [7, 11) is 3.02. The Morgan fingerprint density at radius 1 is 1.17 bits per heavy atom. The smallest absolute Gasteiger partial charge is 0.418 e. The first kappa shape index (κ1) is 38.3. The lowest BCUT2D eigenvalue weighted by Crippen LogP contribution is -2.36. The first-order valence-corrected chi connectivity index (χ1v) is 17.9. The van der Waals surface area contributed by atoms with Crippen molar-refractivity contribution < 1.29 is 36.2 Å². The Morgan fingerprint density at radius 2 is 1.92 bits per heavy atom. The molecule has 3 unspecified atom stereocenters. The number of aromatic nitrogens is 2. The van der Waals surface area contributed by atoms with Gasteiger partial charge in [-0.2, -0.15) is 23.1 Å². The molecule has 0 bridgehead atoms. The monoisotopic (exact) mass is 774 g/mol. The fourth-order valence-electron chi connectivity index (χ4n) is 7.22. The average molecular weight is 776 g/mol. The number of carbonyl (C=O) groups excluding carboxylic acids is 1. The highest BCUT2D eigenvalue weighted by Crippen LogP contribution is 2.46. The minimum atomic E-state index is -4.97. The minimum Gasteiger partial charge on any atom is -0.467 e. The number of ether oxygens (including phenoxy) is 2. The van der Waals surface area contributed by atoms with Crippen molar-refractivity contribution >= 4 is 46.3 Å². The van der Waals surface area contributed by atoms with Crippen molar-refractivity contribution in [2.75, 3.05) is 57.5 Å². The van der Waals surface area contributed by atoms with Crippen molar-refractivity contribution in [3.63, 3.8) is 0 Å². The first-order chi connectivity index (χ1) is 24.7. The van der Waals surface area contributed by atoms with Gasteiger partial charge in [0.25, 0.3) is 5.91 Å². The van der Waals surface area contributed by atoms with Crippen molar-refractivity contribution in [2.24, 2.45) is 10.7 Å². The molecular weight excluding hydrogens is 734 g/mol. The lowest BCUT2D eigenvalue weighted by atomic mass is 9.93. The molecule has 3 fully saturated rings. The van der Waals surface area contributed by atoms with Crippen LogP contribution < -0.4 is 21.1 Å². The molecule has 7 rings (SSSR count). The van der Waals surface area contributed by atoms with Crippen LogP contribution in [-0.2, 0) is 28.7 Å². The summed E-state index contributed by atoms with van der Waals surface area (Å²) in [5.74, 6) is -1.28. The number of anilines is 2. The Bertz CT molecular complexity index is 1750. The molecule has 1 amide bonds. The van der Waals surface area contributed by atoms with E-state index in [1.807, 2.05) is 4.90 Å². The van der Waals surface area contributed by atoms with Gasteiger partial charge >= 0.3 is 12.2 Å². The fourth-order valence-corrected chi connectivity index (χ4v) is 7.75. The van der Waals surface area contributed by atoms with Gasteiger partial charge in [-0.15, -0.1) is 0 Å². The lowest BCUT2D eigenvalue weighted by molar-refractivity contribution is -0.140. The zero-order valence-corrected chi connectivity index (χ0v) is 30.3. The van der Waals surface area contributed by atoms with Crippen LogP contribution in [0.2, 0.25) is 5.02 Å². The summed E-state index contributed by atoms with van der Waals surface area (Å²) < 4.78 is 80.8. The maximum atomic E-state index is 15.1. The Kier molecular flexibility index (Phi) is 11.4. The third kappa shape index (κ3) is 8.04. The van der Waals surface area contributed by atoms with Crippen molar-refractivity contribution in [1.82, 2.24) is 19.8 Å². The van der Waals surface area contributed by atoms with Crippen LogP contribution in [0.5, 0.6) is 6.01 Å². The molecule has 0 radical (unpaired) electrons. The molecule has 284 valence electrons. The normalized spacial score (nSPS) is 23.8. The number of nitrogen functional groups attached to an aromatic ring is 1. The second-order valence-corrected chi connectivity index (χ2v) is 14.4. The molecule has 1 aliphatic carbocycles. The van der Waals surface area contributed by atoms with Gasteiger partial charge in [0.05, 0.1) is 59.1 Å². The zero-order valence-electron chi connectivity index (χ0n) is 28.8. The maximum Gasteiger partial charge on any atom is 0.418 e. The third-order valence-electron chi connectivity index (χ3n) is 10.1. The second-order valence-electron chi connectivity index (χ2n) is 13.6. The highest BCUT2D eigenvalue weighted by molar-refractivity contribution is 6.45. The van der Waals surface area contributed by atoms with Gasteiger partial charge in [-0.05, 0) is 51.1 Å². The largest absolute Gasteiger partial charge is 0.467 e. The van der Waals surface area contributed by atoms with Crippen LogP contribution in [0.15, 0.2) is 21.8 Å². The van der Waals surface area contributed by atoms with Gasteiger partial charge < -0.3 is 30.7 Å². The van der Waals surface area contributed by atoms with E-state index >= 15 is 4.39 Å². The number of alkyl halides is 4. The van der Waals surface area contributed by atoms with Crippen LogP contribution in [0.3, 0.4) is 0 Å². The number of hydrogen-bond donors (Lipinski definition) is 2. The van der Waals surface area contributed by atoms with Crippen LogP contribution in [-0.4, -0.2) is 96.5 Å². The van der Waals surface area contributed by atoms with Crippen molar-refractivity contribution in [3.8, 4) is 6.01 Å². The quantitative estimate of drug-likeness (QED) is 0.220. The van der Waals surface area contributed by atoms with E-state index in [1.54, 1.807) is 11.9 Å². The van der Waals surface area contributed by atoms with E-state index in [-0.39, 0.29) is 42.4 Å². The minimum absolute atomic E-state index is 0.0318. The molecule has 1 aromatic heterocycles. The molecule has 3 atom stereocenters. The molecule has 18 heteroatoms. The Hall–Kier alpha value is -3.47. The number of nitrogens with two attached hydrogens (primary N) is 2. The number of fused-ring (bicyclic) bond motifs is 2. The SMILES string of the molecule is COc1nc2c(c(N3CCCN=C(/C(Cl)=C(\N)C(=O)N(C)C4CC4)C3)n1)COC(c1c(F)c(N)cc(Cl)c1C(F)(F)F)C2.FC1CC2CCCN2C1. The third-order valence-corrected chi connectivity index (χ3v) is 10.8. The van der Waals surface area contributed by atoms with Gasteiger partial charge in [0.1, 0.15) is 17.7 Å². The standard InChI is InChI=1S/C27H29Cl2F4N7O3.C7H12FN/c1-39(12-4-5-12)25(41)23(35)21(29)17-10-40(7-3-6-36-17)24-13-11-43-18(9-16(13)37-26(38-24)42-2)19-20(27(31,32)33)14(28)8-15(34)22(19)30;8-6-4-7-2-1-3-9(7)5-6/h8,12,18H,3-7,9-11,34-35H2,1-2H3;6-7H,1-5H2/b23-21+;. The number of rotatable bonds is 6. The van der Waals surface area contributed by atoms with E-state index in [0.29, 0.717) is 54.9 Å². The number of methoxy groups -OCH3 is 1. The van der Waals surface area contributed by atoms with Crippen molar-refractivity contribution in [2.45, 2.75) is 82.1 Å². The average Bonchev–Trinajstić information content (AvgIpc) is 3.84. The summed E-state index contributed by atoms with van der Waals surface area (Å²) in [6.45, 7) is 2.59. The van der Waals surface area contributed by atoms with E-state index < -0.39 is 52.0 Å². The summed E-state index contributed by atoms with van der Waals surface area (Å²) >= 11 is 12.5. The topological polar surface area (TPSA) is 135 Å². The summed E-state index contributed by atoms with van der Waals surface area (Å²) in [6, 6.07) is 1.42. The van der Waals surface area contributed by atoms with Crippen LogP contribution in [0.1, 0.15) is 67.0 Å². The molecule has 0 spiro atoms. The number of aliphatic imine (C=N–C) groups is 1. The molecule has 1 aromatic carbocycles. The number of hydrogen-bond acceptors (Lipinski definition) is 10. The Morgan fingerprint density at radius 3 is 2.60 bits per heavy atom. The van der Waals surface area contributed by atoms with E-state index in [4.69, 9.17) is 44.1 Å². The lowest BCUT2D eigenvalue weighted by Gasteiger charge is -2.32. The number of likely N-dealkylation sites (N-methyl/N-ethyl adjacent to an activating group) is 1. The highest BCUT2D eigenvalue weighted by atomic mass is 35.5. The van der Waals surface area contributed by atoms with Crippen LogP contribution in [0.25, 0.3) is 0 Å². The summed E-state index contributed by atoms with van der Waals surface area (Å²) in [4.78, 5) is 31.9. The molecule has 2 saturated heterocycles.